The van der Waals surface area contributed by atoms with Gasteiger partial charge in [-0.3, -0.25) is 14.6 Å². The quantitative estimate of drug-likeness (QED) is 0.446. The van der Waals surface area contributed by atoms with Gasteiger partial charge in [-0.2, -0.15) is 0 Å². The molecule has 1 aromatic rings. The molecule has 7 heteroatoms. The predicted octanol–water partition coefficient (Wildman–Crippen LogP) is 3.64. The van der Waals surface area contributed by atoms with Crippen molar-refractivity contribution in [2.24, 2.45) is 16.1 Å². The number of allylic oxidation sites excluding steroid dienone is 2. The molecule has 0 aliphatic carbocycles. The number of thiophene rings is 1. The standard InChI is InChI=1S/C22H32N4O2S/c1-7-14(3)21(28)26-10-9-15-16(13-29-17(15)12-26)20(27)25-19(24-8-2)11-18(23)22(4,5)6/h7,11,13H,8-10,12,23H2,1-6H3,(H,24,25,27)/b14-7+,18-11-. The Bertz CT molecular complexity index is 872. The van der Waals surface area contributed by atoms with Gasteiger partial charge in [-0.25, -0.2) is 0 Å². The van der Waals surface area contributed by atoms with Gasteiger partial charge >= 0.3 is 0 Å². The van der Waals surface area contributed by atoms with Gasteiger partial charge in [-0.1, -0.05) is 26.8 Å². The fourth-order valence-electron chi connectivity index (χ4n) is 2.90. The highest BCUT2D eigenvalue weighted by atomic mass is 32.1. The third-order valence-electron chi connectivity index (χ3n) is 4.98. The van der Waals surface area contributed by atoms with Crippen LogP contribution >= 0.6 is 11.3 Å². The normalized spacial score (nSPS) is 15.9. The van der Waals surface area contributed by atoms with Gasteiger partial charge in [0.25, 0.3) is 5.91 Å². The van der Waals surface area contributed by atoms with Crippen LogP contribution in [0.3, 0.4) is 0 Å². The summed E-state index contributed by atoms with van der Waals surface area (Å²) < 4.78 is 0. The number of nitrogens with one attached hydrogen (secondary N) is 1. The van der Waals surface area contributed by atoms with E-state index in [1.165, 1.54) is 11.3 Å². The van der Waals surface area contributed by atoms with Crippen molar-refractivity contribution in [3.63, 3.8) is 0 Å². The van der Waals surface area contributed by atoms with Crippen LogP contribution in [0.25, 0.3) is 0 Å². The first-order chi connectivity index (χ1) is 13.6. The molecule has 2 heterocycles. The number of rotatable bonds is 4. The van der Waals surface area contributed by atoms with Crippen molar-refractivity contribution in [1.29, 1.82) is 0 Å². The lowest BCUT2D eigenvalue weighted by Crippen LogP contribution is -2.37. The van der Waals surface area contributed by atoms with Crippen LogP contribution in [0.15, 0.2) is 33.8 Å². The maximum Gasteiger partial charge on any atom is 0.257 e. The molecular weight excluding hydrogens is 384 g/mol. The molecule has 0 radical (unpaired) electrons. The Morgan fingerprint density at radius 3 is 2.66 bits per heavy atom. The minimum atomic E-state index is -0.207. The molecule has 6 nitrogen and oxygen atoms in total. The average molecular weight is 417 g/mol. The molecule has 0 aromatic carbocycles. The van der Waals surface area contributed by atoms with E-state index >= 15 is 0 Å². The van der Waals surface area contributed by atoms with Crippen LogP contribution in [-0.4, -0.2) is 35.6 Å². The third kappa shape index (κ3) is 5.56. The molecule has 1 aliphatic rings. The summed E-state index contributed by atoms with van der Waals surface area (Å²) in [6.07, 6.45) is 4.24. The molecule has 0 bridgehead atoms. The average Bonchev–Trinajstić information content (AvgIpc) is 3.09. The number of amides is 2. The fraction of sp³-hybridized carbons (Fsp3) is 0.500. The van der Waals surface area contributed by atoms with E-state index in [-0.39, 0.29) is 17.2 Å². The monoisotopic (exact) mass is 416 g/mol. The van der Waals surface area contributed by atoms with Gasteiger partial charge in [0.1, 0.15) is 5.84 Å². The summed E-state index contributed by atoms with van der Waals surface area (Å²) in [7, 11) is 0. The molecule has 0 atom stereocenters. The molecule has 2 amide bonds. The van der Waals surface area contributed by atoms with Crippen LogP contribution < -0.4 is 11.1 Å². The van der Waals surface area contributed by atoms with E-state index in [0.29, 0.717) is 43.2 Å². The van der Waals surface area contributed by atoms with E-state index in [2.05, 4.69) is 10.3 Å². The second-order valence-corrected chi connectivity index (χ2v) is 9.13. The first-order valence-electron chi connectivity index (χ1n) is 9.93. The fourth-order valence-corrected chi connectivity index (χ4v) is 4.00. The van der Waals surface area contributed by atoms with E-state index in [1.807, 2.05) is 57.9 Å². The van der Waals surface area contributed by atoms with Gasteiger partial charge < -0.3 is 16.0 Å². The third-order valence-corrected chi connectivity index (χ3v) is 5.99. The zero-order valence-corrected chi connectivity index (χ0v) is 19.1. The molecule has 1 aromatic heterocycles. The zero-order chi connectivity index (χ0) is 21.8. The highest BCUT2D eigenvalue weighted by Gasteiger charge is 2.27. The smallest absolute Gasteiger partial charge is 0.257 e. The molecule has 0 unspecified atom stereocenters. The van der Waals surface area contributed by atoms with Crippen LogP contribution in [0.4, 0.5) is 0 Å². The van der Waals surface area contributed by atoms with Crippen LogP contribution in [0.1, 0.15) is 62.3 Å². The molecule has 158 valence electrons. The summed E-state index contributed by atoms with van der Waals surface area (Å²) in [6, 6.07) is 0. The number of aliphatic imine (C=N–C) groups is 1. The Morgan fingerprint density at radius 2 is 2.07 bits per heavy atom. The lowest BCUT2D eigenvalue weighted by molar-refractivity contribution is -0.127. The number of amidine groups is 1. The number of hydrogen-bond acceptors (Lipinski definition) is 5. The molecular formula is C22H32N4O2S. The van der Waals surface area contributed by atoms with Gasteiger partial charge in [0.2, 0.25) is 5.91 Å². The van der Waals surface area contributed by atoms with Crippen LogP contribution in [0.5, 0.6) is 0 Å². The van der Waals surface area contributed by atoms with E-state index in [4.69, 9.17) is 5.73 Å². The Kier molecular flexibility index (Phi) is 7.41. The van der Waals surface area contributed by atoms with E-state index in [0.717, 1.165) is 16.0 Å². The van der Waals surface area contributed by atoms with Gasteiger partial charge in [-0.05, 0) is 38.8 Å². The lowest BCUT2D eigenvalue weighted by Gasteiger charge is -2.27. The van der Waals surface area contributed by atoms with Crippen molar-refractivity contribution in [1.82, 2.24) is 10.2 Å². The topological polar surface area (TPSA) is 87.8 Å². The number of hydrogen-bond donors (Lipinski definition) is 2. The second kappa shape index (κ2) is 9.39. The van der Waals surface area contributed by atoms with Crippen molar-refractivity contribution >= 4 is 29.0 Å². The Labute approximate surface area is 177 Å². The van der Waals surface area contributed by atoms with E-state index in [1.54, 1.807) is 6.08 Å². The van der Waals surface area contributed by atoms with Crippen molar-refractivity contribution in [2.75, 3.05) is 13.1 Å². The summed E-state index contributed by atoms with van der Waals surface area (Å²) >= 11 is 1.53. The van der Waals surface area contributed by atoms with E-state index < -0.39 is 0 Å². The Morgan fingerprint density at radius 1 is 1.38 bits per heavy atom. The van der Waals surface area contributed by atoms with Crippen molar-refractivity contribution in [3.8, 4) is 0 Å². The highest BCUT2D eigenvalue weighted by molar-refractivity contribution is 7.10. The largest absolute Gasteiger partial charge is 0.401 e. The van der Waals surface area contributed by atoms with Crippen LogP contribution in [0.2, 0.25) is 0 Å². The molecule has 29 heavy (non-hydrogen) atoms. The molecule has 3 N–H and O–H groups in total. The van der Waals surface area contributed by atoms with Gasteiger partial charge in [0.15, 0.2) is 0 Å². The molecule has 2 rings (SSSR count). The van der Waals surface area contributed by atoms with Gasteiger partial charge in [0.05, 0.1) is 12.1 Å². The first kappa shape index (κ1) is 22.9. The summed E-state index contributed by atoms with van der Waals surface area (Å²) in [6.45, 7) is 13.4. The summed E-state index contributed by atoms with van der Waals surface area (Å²) in [5.41, 5.74) is 9.03. The minimum absolute atomic E-state index is 0.0534. The summed E-state index contributed by atoms with van der Waals surface area (Å²) in [5, 5.41) is 4.78. The lowest BCUT2D eigenvalue weighted by atomic mass is 9.92. The SMILES string of the molecule is C/C=C(\C)C(=O)N1CCc2c(C(=O)NC(/C=C(\N)C(C)(C)C)=NCC)csc2C1. The summed E-state index contributed by atoms with van der Waals surface area (Å²) in [5.74, 6) is 0.343. The first-order valence-corrected chi connectivity index (χ1v) is 10.8. The second-order valence-electron chi connectivity index (χ2n) is 8.16. The van der Waals surface area contributed by atoms with Crippen molar-refractivity contribution < 1.29 is 9.59 Å². The van der Waals surface area contributed by atoms with Gasteiger partial charge in [-0.15, -0.1) is 11.3 Å². The molecule has 0 saturated heterocycles. The predicted molar refractivity (Wildman–Crippen MR) is 120 cm³/mol. The molecule has 0 saturated carbocycles. The number of nitrogens with two attached hydrogens (primary N) is 1. The highest BCUT2D eigenvalue weighted by Crippen LogP contribution is 2.29. The van der Waals surface area contributed by atoms with Crippen molar-refractivity contribution in [2.45, 2.75) is 54.5 Å². The number of nitrogens with zero attached hydrogens (tertiary/aromatic N) is 2. The molecule has 0 fully saturated rings. The Hall–Kier alpha value is -2.41. The van der Waals surface area contributed by atoms with Crippen LogP contribution in [-0.2, 0) is 17.8 Å². The van der Waals surface area contributed by atoms with Crippen molar-refractivity contribution in [3.05, 3.63) is 44.8 Å². The maximum atomic E-state index is 12.9. The number of fused-ring (bicyclic) bond motifs is 1. The van der Waals surface area contributed by atoms with Crippen LogP contribution in [0, 0.1) is 5.41 Å². The maximum absolute atomic E-state index is 12.9. The van der Waals surface area contributed by atoms with Gasteiger partial charge in [0, 0.05) is 40.0 Å². The van der Waals surface area contributed by atoms with E-state index in [9.17, 15) is 9.59 Å². The minimum Gasteiger partial charge on any atom is -0.401 e. The Balaban J connectivity index is 2.19. The number of carbonyl (C=O) groups is 2. The summed E-state index contributed by atoms with van der Waals surface area (Å²) in [4.78, 5) is 32.6. The molecule has 1 aliphatic heterocycles. The molecule has 0 spiro atoms. The number of carbonyl (C=O) groups excluding carboxylic acids is 2. The zero-order valence-electron chi connectivity index (χ0n) is 18.3.